The average Bonchev–Trinajstić information content (AvgIpc) is 3.08. The van der Waals surface area contributed by atoms with Crippen LogP contribution in [0.1, 0.15) is 46.0 Å². The first kappa shape index (κ1) is 21.0. The van der Waals surface area contributed by atoms with Crippen LogP contribution in [-0.4, -0.2) is 46.6 Å². The normalized spacial score (nSPS) is 16.7. The van der Waals surface area contributed by atoms with Crippen molar-refractivity contribution >= 4 is 14.3 Å². The minimum absolute atomic E-state index is 0.192. The molecule has 0 aromatic carbocycles. The maximum Gasteiger partial charge on any atom is 0.328 e. The third-order valence-electron chi connectivity index (χ3n) is 4.65. The molecule has 1 aromatic rings. The van der Waals surface area contributed by atoms with E-state index >= 15 is 0 Å². The van der Waals surface area contributed by atoms with Gasteiger partial charge in [-0.25, -0.2) is 4.79 Å². The minimum Gasteiger partial charge on any atom is -0.379 e. The lowest BCUT2D eigenvalue weighted by atomic mass is 10.1. The Hall–Kier alpha value is -1.27. The van der Waals surface area contributed by atoms with Gasteiger partial charge in [-0.2, -0.15) is 0 Å². The van der Waals surface area contributed by atoms with Crippen LogP contribution < -0.4 is 11.2 Å². The van der Waals surface area contributed by atoms with E-state index in [9.17, 15) is 9.59 Å². The van der Waals surface area contributed by atoms with Gasteiger partial charge in [0.2, 0.25) is 0 Å². The quantitative estimate of drug-likeness (QED) is 0.624. The summed E-state index contributed by atoms with van der Waals surface area (Å²) in [7, 11) is 5.17. The summed E-state index contributed by atoms with van der Waals surface area (Å²) >= 11 is 0. The van der Waals surface area contributed by atoms with Crippen LogP contribution in [0.4, 0.5) is 0 Å². The Balaban J connectivity index is 1.82. The number of aryl methyl sites for hydroxylation is 1. The molecule has 0 amide bonds. The Labute approximate surface area is 155 Å². The van der Waals surface area contributed by atoms with Crippen LogP contribution in [0.25, 0.3) is 0 Å². The van der Waals surface area contributed by atoms with Crippen LogP contribution in [0, 0.1) is 0 Å². The van der Waals surface area contributed by atoms with Crippen LogP contribution in [0.5, 0.6) is 0 Å². The second-order valence-electron chi connectivity index (χ2n) is 7.12. The summed E-state index contributed by atoms with van der Waals surface area (Å²) in [5.74, 6) is 0. The summed E-state index contributed by atoms with van der Waals surface area (Å²) in [6, 6.07) is 1.33. The van der Waals surface area contributed by atoms with Gasteiger partial charge in [0.25, 0.3) is 5.56 Å². The topological polar surface area (TPSA) is 82.6 Å². The number of aromatic nitrogens is 2. The molecular formula is C18H29N2O5P. The van der Waals surface area contributed by atoms with Crippen molar-refractivity contribution in [2.24, 2.45) is 0 Å². The van der Waals surface area contributed by atoms with E-state index in [1.165, 1.54) is 29.7 Å². The fourth-order valence-corrected chi connectivity index (χ4v) is 3.14. The highest BCUT2D eigenvalue weighted by Crippen LogP contribution is 2.27. The molecule has 8 heteroatoms. The van der Waals surface area contributed by atoms with Crippen molar-refractivity contribution in [3.63, 3.8) is 0 Å². The van der Waals surface area contributed by atoms with Gasteiger partial charge in [-0.15, -0.1) is 0 Å². The number of hydrogen-bond acceptors (Lipinski definition) is 5. The Morgan fingerprint density at radius 3 is 2.69 bits per heavy atom. The van der Waals surface area contributed by atoms with Crippen molar-refractivity contribution < 1.29 is 14.2 Å². The van der Waals surface area contributed by atoms with Crippen molar-refractivity contribution in [1.29, 1.82) is 0 Å². The molecular weight excluding hydrogens is 355 g/mol. The molecule has 1 unspecified atom stereocenters. The van der Waals surface area contributed by atoms with E-state index in [0.717, 1.165) is 12.8 Å². The molecule has 1 atom stereocenters. The highest BCUT2D eigenvalue weighted by atomic mass is 31.0. The summed E-state index contributed by atoms with van der Waals surface area (Å²) < 4.78 is 18.9. The van der Waals surface area contributed by atoms with Gasteiger partial charge in [0.15, 0.2) is 0 Å². The number of ether oxygens (including phenoxy) is 3. The third-order valence-corrected chi connectivity index (χ3v) is 5.39. The number of methoxy groups -OCH3 is 1. The third kappa shape index (κ3) is 6.16. The highest BCUT2D eigenvalue weighted by Gasteiger charge is 2.30. The zero-order chi connectivity index (χ0) is 19.2. The number of aromatic amines is 1. The number of nitrogens with zero attached hydrogens (tertiary/aromatic N) is 1. The van der Waals surface area contributed by atoms with E-state index in [2.05, 4.69) is 13.8 Å². The molecule has 0 saturated heterocycles. The Morgan fingerprint density at radius 1 is 1.38 bits per heavy atom. The van der Waals surface area contributed by atoms with Crippen LogP contribution in [0.2, 0.25) is 0 Å². The second kappa shape index (κ2) is 9.60. The number of H-pyrrole nitrogens is 1. The smallest absolute Gasteiger partial charge is 0.328 e. The molecule has 0 bridgehead atoms. The van der Waals surface area contributed by atoms with E-state index in [1.54, 1.807) is 7.11 Å². The fourth-order valence-electron chi connectivity index (χ4n) is 3.00. The molecule has 0 aliphatic heterocycles. The van der Waals surface area contributed by atoms with Gasteiger partial charge < -0.3 is 18.8 Å². The molecule has 1 aliphatic carbocycles. The maximum atomic E-state index is 11.7. The minimum atomic E-state index is -0.528. The molecule has 0 spiro atoms. The molecule has 1 saturated carbocycles. The van der Waals surface area contributed by atoms with E-state index < -0.39 is 16.9 Å². The summed E-state index contributed by atoms with van der Waals surface area (Å²) in [6.45, 7) is 4.73. The lowest BCUT2D eigenvalue weighted by Gasteiger charge is -2.30. The van der Waals surface area contributed by atoms with Crippen LogP contribution in [0.3, 0.4) is 0 Å². The van der Waals surface area contributed by atoms with Gasteiger partial charge in [-0.05, 0) is 33.1 Å². The van der Waals surface area contributed by atoms with Crippen LogP contribution >= 0.6 is 8.86 Å². The van der Waals surface area contributed by atoms with Crippen molar-refractivity contribution in [3.05, 3.63) is 33.1 Å². The van der Waals surface area contributed by atoms with Crippen molar-refractivity contribution in [3.8, 4) is 0 Å². The van der Waals surface area contributed by atoms with E-state index in [1.807, 2.05) is 13.8 Å². The first-order valence-electron chi connectivity index (χ1n) is 9.04. The largest absolute Gasteiger partial charge is 0.379 e. The summed E-state index contributed by atoms with van der Waals surface area (Å²) in [5.41, 5.74) is -0.722. The SMILES string of the molecule is COC(CCn1ccc(=O)[nH]c1=O)COC(=P)C(C)(C)OC1CCCC1. The average molecular weight is 384 g/mol. The van der Waals surface area contributed by atoms with Gasteiger partial charge in [0.05, 0.1) is 18.8 Å². The lowest BCUT2D eigenvalue weighted by Crippen LogP contribution is -2.39. The molecule has 1 fully saturated rings. The molecule has 1 heterocycles. The van der Waals surface area contributed by atoms with Crippen molar-refractivity contribution in [2.75, 3.05) is 13.7 Å². The second-order valence-corrected chi connectivity index (χ2v) is 7.58. The predicted octanol–water partition coefficient (Wildman–Crippen LogP) is 1.97. The first-order valence-corrected chi connectivity index (χ1v) is 9.54. The Morgan fingerprint density at radius 2 is 2.08 bits per heavy atom. The first-order chi connectivity index (χ1) is 12.3. The van der Waals surface area contributed by atoms with Gasteiger partial charge >= 0.3 is 5.69 Å². The zero-order valence-electron chi connectivity index (χ0n) is 15.7. The molecule has 2 rings (SSSR count). The highest BCUT2D eigenvalue weighted by molar-refractivity contribution is 7.20. The lowest BCUT2D eigenvalue weighted by molar-refractivity contribution is -0.0405. The van der Waals surface area contributed by atoms with E-state index in [0.29, 0.717) is 25.1 Å². The molecule has 146 valence electrons. The molecule has 0 radical (unpaired) electrons. The van der Waals surface area contributed by atoms with Crippen molar-refractivity contribution in [1.82, 2.24) is 9.55 Å². The number of hydrogen-bond donors (Lipinski definition) is 1. The monoisotopic (exact) mass is 384 g/mol. The van der Waals surface area contributed by atoms with E-state index in [-0.39, 0.29) is 12.2 Å². The standard InChI is InChI=1S/C18H29N2O5P/c1-18(2,25-13-6-4-5-7-13)16(26)24-12-14(23-3)8-10-20-11-9-15(21)19-17(20)22/h9,11,13-14,26H,4-8,10,12H2,1-3H3,(H,19,21,22). The molecule has 1 aliphatic rings. The molecule has 7 nitrogen and oxygen atoms in total. The molecule has 26 heavy (non-hydrogen) atoms. The van der Waals surface area contributed by atoms with Gasteiger partial charge in [0, 0.05) is 25.9 Å². The number of rotatable bonds is 10. The molecule has 1 aromatic heterocycles. The summed E-state index contributed by atoms with van der Waals surface area (Å²) in [6.07, 6.45) is 6.77. The van der Waals surface area contributed by atoms with Gasteiger partial charge in [0.1, 0.15) is 11.1 Å². The van der Waals surface area contributed by atoms with Gasteiger partial charge in [-0.3, -0.25) is 9.78 Å². The summed E-state index contributed by atoms with van der Waals surface area (Å²) in [4.78, 5) is 25.0. The van der Waals surface area contributed by atoms with Crippen molar-refractivity contribution in [2.45, 2.75) is 70.3 Å². The van der Waals surface area contributed by atoms with Gasteiger partial charge in [-0.1, -0.05) is 21.7 Å². The Bertz CT molecular complexity index is 706. The Kier molecular flexibility index (Phi) is 7.77. The summed E-state index contributed by atoms with van der Waals surface area (Å²) in [5, 5.41) is 0. The van der Waals surface area contributed by atoms with E-state index in [4.69, 9.17) is 14.2 Å². The van der Waals surface area contributed by atoms with Crippen LogP contribution in [0.15, 0.2) is 21.9 Å². The molecule has 1 N–H and O–H groups in total. The number of nitrogens with one attached hydrogen (secondary N) is 1. The fraction of sp³-hybridized carbons (Fsp3) is 0.722. The maximum absolute atomic E-state index is 11.7. The van der Waals surface area contributed by atoms with Crippen LogP contribution in [-0.2, 0) is 20.8 Å². The zero-order valence-corrected chi connectivity index (χ0v) is 16.7. The predicted molar refractivity (Wildman–Crippen MR) is 103 cm³/mol.